The summed E-state index contributed by atoms with van der Waals surface area (Å²) in [4.78, 5) is 13.5. The minimum absolute atomic E-state index is 0.0265. The molecule has 5 heterocycles. The standard InChI is InChI=1S/C75H61BN2S2Si/c1-47(2)50-43-57(48(3)4)75(58(44-50)49(5)6)76-59-41-39-51(77-61-27-11-17-33-69(61)80(70-34-18-12-28-62(70)77)67-31-15-7-23-53(67)54-24-8-16-32-68(54)80)45-65(59)79-66-46-52(40-42-60(66)76)78-63-29-13-21-37-73(63)81(74-38-22-14-30-64(74)78)71-35-19-9-25-55(71)56-26-10-20-36-72(56)81/h7-49H,1-6H3. The van der Waals surface area contributed by atoms with Gasteiger partial charge in [-0.3, -0.25) is 0 Å². The summed E-state index contributed by atoms with van der Waals surface area (Å²) >= 11 is 1.96. The molecule has 2 spiro atoms. The van der Waals surface area contributed by atoms with Crippen LogP contribution >= 0.6 is 21.8 Å². The number of para-hydroxylation sites is 4. The molecule has 2 nitrogen and oxygen atoms in total. The smallest absolute Gasteiger partial charge is 0.244 e. The molecule has 0 fully saturated rings. The van der Waals surface area contributed by atoms with Gasteiger partial charge in [0.05, 0.1) is 11.4 Å². The van der Waals surface area contributed by atoms with Gasteiger partial charge >= 0.3 is 0 Å². The lowest BCUT2D eigenvalue weighted by Crippen LogP contribution is -2.75. The van der Waals surface area contributed by atoms with Crippen LogP contribution in [0.15, 0.2) is 272 Å². The van der Waals surface area contributed by atoms with Gasteiger partial charge in [0.2, 0.25) is 6.71 Å². The Morgan fingerprint density at radius 3 is 1.17 bits per heavy atom. The van der Waals surface area contributed by atoms with Crippen LogP contribution in [-0.2, 0) is 0 Å². The Bertz CT molecular complexity index is 3980. The Hall–Kier alpha value is -8.00. The van der Waals surface area contributed by atoms with Crippen LogP contribution in [0.5, 0.6) is 0 Å². The topological polar surface area (TPSA) is 6.48 Å². The van der Waals surface area contributed by atoms with E-state index >= 15 is 0 Å². The number of rotatable bonds is 6. The van der Waals surface area contributed by atoms with Gasteiger partial charge in [0.1, 0.15) is 0 Å². The van der Waals surface area contributed by atoms with Crippen molar-refractivity contribution in [2.45, 2.75) is 88.7 Å². The van der Waals surface area contributed by atoms with Crippen LogP contribution in [0, 0.1) is 0 Å². The fraction of sp³-hybridized carbons (Fsp3) is 0.120. The monoisotopic (exact) mass is 1090 g/mol. The summed E-state index contributed by atoms with van der Waals surface area (Å²) in [7, 11) is -4.55. The highest BCUT2D eigenvalue weighted by atomic mass is 32.3. The van der Waals surface area contributed by atoms with Crippen molar-refractivity contribution in [3.05, 3.63) is 259 Å². The maximum atomic E-state index is 2.60. The molecule has 11 aromatic carbocycles. The molecule has 5 aliphatic heterocycles. The number of hydrogen-bond acceptors (Lipinski definition) is 3. The Kier molecular flexibility index (Phi) is 11.0. The Balaban J connectivity index is 0.911. The summed E-state index contributed by atoms with van der Waals surface area (Å²) in [6.07, 6.45) is 0. The molecule has 0 aromatic heterocycles. The maximum absolute atomic E-state index is 2.72. The summed E-state index contributed by atoms with van der Waals surface area (Å²) < 4.78 is 0. The van der Waals surface area contributed by atoms with E-state index in [0.717, 1.165) is 0 Å². The Morgan fingerprint density at radius 2 is 0.728 bits per heavy atom. The number of nitrogens with zero attached hydrogens (tertiary/aromatic N) is 2. The van der Waals surface area contributed by atoms with Crippen LogP contribution in [0.1, 0.15) is 76.0 Å². The molecule has 0 amide bonds. The van der Waals surface area contributed by atoms with E-state index in [9.17, 15) is 0 Å². The van der Waals surface area contributed by atoms with Gasteiger partial charge in [-0.15, -0.1) is 10.0 Å². The van der Waals surface area contributed by atoms with Gasteiger partial charge in [-0.05, 0) is 150 Å². The third-order valence-electron chi connectivity index (χ3n) is 18.5. The average Bonchev–Trinajstić information content (AvgIpc) is 3.89. The van der Waals surface area contributed by atoms with Crippen LogP contribution in [-0.4, -0.2) is 14.8 Å². The normalized spacial score (nSPS) is 15.3. The minimum atomic E-state index is -2.72. The predicted octanol–water partition coefficient (Wildman–Crippen LogP) is 16.3. The summed E-state index contributed by atoms with van der Waals surface area (Å²) in [5.41, 5.74) is 21.5. The van der Waals surface area contributed by atoms with Gasteiger partial charge in [0.15, 0.2) is 8.07 Å². The SMILES string of the molecule is CC(C)c1cc(C(C)C)c(B2c3ccc(N4c5ccccc5[Si]5(c6ccccc6-c6ccccc65)c5ccccc54)cc3Sc3cc(N4c5ccccc5S5(c6ccccc6-c6ccccc65)c5ccccc54)ccc32)c(C(C)C)c1. The fourth-order valence-corrected chi connectivity index (χ4v) is 26.3. The van der Waals surface area contributed by atoms with Crippen molar-refractivity contribution in [3.63, 3.8) is 0 Å². The van der Waals surface area contributed by atoms with Crippen molar-refractivity contribution in [1.29, 1.82) is 0 Å². The van der Waals surface area contributed by atoms with Crippen LogP contribution in [0.3, 0.4) is 0 Å². The molecule has 0 bridgehead atoms. The molecule has 81 heavy (non-hydrogen) atoms. The van der Waals surface area contributed by atoms with E-state index in [1.54, 1.807) is 0 Å². The van der Waals surface area contributed by atoms with Gasteiger partial charge in [-0.25, -0.2) is 0 Å². The second-order valence-electron chi connectivity index (χ2n) is 23.6. The van der Waals surface area contributed by atoms with Crippen LogP contribution in [0.25, 0.3) is 22.3 Å². The lowest BCUT2D eigenvalue weighted by atomic mass is 9.34. The zero-order valence-corrected chi connectivity index (χ0v) is 49.2. The molecule has 0 radical (unpaired) electrons. The largest absolute Gasteiger partial charge is 0.311 e. The van der Waals surface area contributed by atoms with Crippen LogP contribution in [0.2, 0.25) is 0 Å². The van der Waals surface area contributed by atoms with E-state index in [1.165, 1.54) is 140 Å². The van der Waals surface area contributed by atoms with E-state index in [1.807, 2.05) is 11.8 Å². The average molecular weight is 1090 g/mol. The van der Waals surface area contributed by atoms with Gasteiger partial charge in [0.25, 0.3) is 0 Å². The van der Waals surface area contributed by atoms with Gasteiger partial charge in [0, 0.05) is 52.1 Å². The zero-order chi connectivity index (χ0) is 54.5. The summed E-state index contributed by atoms with van der Waals surface area (Å²) in [5, 5.41) is 5.87. The lowest BCUT2D eigenvalue weighted by Gasteiger charge is -2.48. The van der Waals surface area contributed by atoms with E-state index in [4.69, 9.17) is 0 Å². The molecule has 0 saturated heterocycles. The van der Waals surface area contributed by atoms with Crippen LogP contribution in [0.4, 0.5) is 34.1 Å². The first-order chi connectivity index (χ1) is 39.7. The first-order valence-electron chi connectivity index (χ1n) is 29.0. The molecular weight excluding hydrogens is 1030 g/mol. The number of anilines is 6. The molecule has 5 aliphatic rings. The van der Waals surface area contributed by atoms with E-state index in [2.05, 4.69) is 294 Å². The second kappa shape index (κ2) is 18.3. The second-order valence-corrected chi connectivity index (χ2v) is 31.4. The third kappa shape index (κ3) is 6.67. The summed E-state index contributed by atoms with van der Waals surface area (Å²) in [6, 6.07) is 94.5. The molecule has 390 valence electrons. The molecule has 0 saturated carbocycles. The molecule has 0 atom stereocenters. The number of fused-ring (bicyclic) bond motifs is 20. The zero-order valence-electron chi connectivity index (χ0n) is 46.6. The predicted molar refractivity (Wildman–Crippen MR) is 348 cm³/mol. The van der Waals surface area contributed by atoms with Crippen molar-refractivity contribution in [1.82, 2.24) is 0 Å². The number of hydrogen-bond donors (Lipinski definition) is 0. The van der Waals surface area contributed by atoms with Crippen molar-refractivity contribution >= 4 is 108 Å². The summed E-state index contributed by atoms with van der Waals surface area (Å²) in [5.74, 6) is 1.09. The van der Waals surface area contributed by atoms with Crippen molar-refractivity contribution < 1.29 is 0 Å². The number of benzene rings is 11. The molecule has 0 N–H and O–H groups in total. The highest BCUT2D eigenvalue weighted by Gasteiger charge is 2.54. The molecule has 11 aromatic rings. The van der Waals surface area contributed by atoms with E-state index in [0.29, 0.717) is 17.8 Å². The molecule has 0 unspecified atom stereocenters. The Labute approximate surface area is 484 Å². The minimum Gasteiger partial charge on any atom is -0.311 e. The van der Waals surface area contributed by atoms with Gasteiger partial charge in [-0.2, -0.15) is 0 Å². The fourth-order valence-electron chi connectivity index (χ4n) is 15.1. The van der Waals surface area contributed by atoms with Crippen molar-refractivity contribution in [2.24, 2.45) is 0 Å². The maximum Gasteiger partial charge on any atom is 0.244 e. The van der Waals surface area contributed by atoms with Gasteiger partial charge in [-0.1, -0.05) is 240 Å². The molecule has 0 aliphatic carbocycles. The highest BCUT2D eigenvalue weighted by Crippen LogP contribution is 2.84. The molecular formula is C75H61BN2S2Si. The molecule has 16 rings (SSSR count). The first-order valence-corrected chi connectivity index (χ1v) is 33.5. The van der Waals surface area contributed by atoms with Crippen LogP contribution < -0.4 is 46.9 Å². The Morgan fingerprint density at radius 1 is 0.358 bits per heavy atom. The summed E-state index contributed by atoms with van der Waals surface area (Å²) in [6.45, 7) is 14.3. The molecule has 6 heteroatoms. The quantitative estimate of drug-likeness (QED) is 0.153. The van der Waals surface area contributed by atoms with E-state index in [-0.39, 0.29) is 6.71 Å². The van der Waals surface area contributed by atoms with Crippen molar-refractivity contribution in [2.75, 3.05) is 9.80 Å². The highest BCUT2D eigenvalue weighted by molar-refractivity contribution is 8.34. The van der Waals surface area contributed by atoms with Crippen molar-refractivity contribution in [3.8, 4) is 22.3 Å². The lowest BCUT2D eigenvalue weighted by molar-refractivity contribution is 0.812. The third-order valence-corrected chi connectivity index (χ3v) is 28.6. The van der Waals surface area contributed by atoms with E-state index < -0.39 is 18.1 Å². The first kappa shape index (κ1) is 48.9. The van der Waals surface area contributed by atoms with Gasteiger partial charge < -0.3 is 9.80 Å².